The minimum Gasteiger partial charge on any atom is -0.348 e. The quantitative estimate of drug-likeness (QED) is 0.930. The van der Waals surface area contributed by atoms with Crippen molar-refractivity contribution in [2.75, 3.05) is 11.5 Å². The maximum absolute atomic E-state index is 12.5. The summed E-state index contributed by atoms with van der Waals surface area (Å²) in [4.78, 5) is 12.5. The molecule has 22 heavy (non-hydrogen) atoms. The summed E-state index contributed by atoms with van der Waals surface area (Å²) in [7, 11) is -3.05. The highest BCUT2D eigenvalue weighted by Gasteiger charge is 2.36. The lowest BCUT2D eigenvalue weighted by atomic mass is 9.80. The van der Waals surface area contributed by atoms with E-state index < -0.39 is 15.8 Å². The van der Waals surface area contributed by atoms with Crippen LogP contribution < -0.4 is 5.32 Å². The second-order valence-corrected chi connectivity index (χ2v) is 9.49. The highest BCUT2D eigenvalue weighted by Crippen LogP contribution is 2.35. The number of sulfone groups is 1. The van der Waals surface area contributed by atoms with Gasteiger partial charge in [-0.3, -0.25) is 4.79 Å². The minimum atomic E-state index is -3.05. The Balaban J connectivity index is 2.22. The molecule has 122 valence electrons. The summed E-state index contributed by atoms with van der Waals surface area (Å²) in [6.45, 7) is 8.27. The van der Waals surface area contributed by atoms with Crippen LogP contribution in [0.4, 0.5) is 0 Å². The molecule has 1 amide bonds. The molecule has 1 saturated heterocycles. The molecule has 1 aromatic carbocycles. The topological polar surface area (TPSA) is 63.2 Å². The highest BCUT2D eigenvalue weighted by molar-refractivity contribution is 7.91. The first kappa shape index (κ1) is 17.0. The maximum Gasteiger partial charge on any atom is 0.224 e. The number of benzene rings is 1. The lowest BCUT2D eigenvalue weighted by molar-refractivity contribution is -0.125. The number of amides is 1. The Morgan fingerprint density at radius 2 is 1.91 bits per heavy atom. The largest absolute Gasteiger partial charge is 0.348 e. The van der Waals surface area contributed by atoms with Crippen molar-refractivity contribution in [2.24, 2.45) is 11.3 Å². The fourth-order valence-corrected chi connectivity index (χ4v) is 4.67. The lowest BCUT2D eigenvalue weighted by Crippen LogP contribution is -2.40. The summed E-state index contributed by atoms with van der Waals surface area (Å²) in [6.07, 6.45) is 0.429. The van der Waals surface area contributed by atoms with E-state index in [4.69, 9.17) is 0 Å². The van der Waals surface area contributed by atoms with Crippen LogP contribution in [-0.4, -0.2) is 25.8 Å². The van der Waals surface area contributed by atoms with E-state index in [0.717, 1.165) is 11.1 Å². The van der Waals surface area contributed by atoms with Gasteiger partial charge >= 0.3 is 0 Å². The molecule has 0 spiro atoms. The number of carbonyl (C=O) groups excluding carboxylic acids is 1. The molecule has 0 aromatic heterocycles. The van der Waals surface area contributed by atoms with Gasteiger partial charge in [-0.25, -0.2) is 8.42 Å². The average Bonchev–Trinajstić information content (AvgIpc) is 2.76. The van der Waals surface area contributed by atoms with Crippen LogP contribution in [0.5, 0.6) is 0 Å². The predicted molar refractivity (Wildman–Crippen MR) is 88.3 cm³/mol. The summed E-state index contributed by atoms with van der Waals surface area (Å²) in [5.41, 5.74) is 2.06. The third kappa shape index (κ3) is 3.88. The molecule has 1 heterocycles. The van der Waals surface area contributed by atoms with Crippen LogP contribution >= 0.6 is 0 Å². The van der Waals surface area contributed by atoms with Crippen molar-refractivity contribution < 1.29 is 13.2 Å². The van der Waals surface area contributed by atoms with Gasteiger partial charge < -0.3 is 5.32 Å². The van der Waals surface area contributed by atoms with Crippen molar-refractivity contribution in [3.63, 3.8) is 0 Å². The van der Waals surface area contributed by atoms with E-state index in [1.165, 1.54) is 0 Å². The molecular weight excluding hydrogens is 298 g/mol. The molecule has 0 aliphatic carbocycles. The fraction of sp³-hybridized carbons (Fsp3) is 0.588. The molecule has 1 aliphatic rings. The lowest BCUT2D eigenvalue weighted by Gasteiger charge is -2.33. The van der Waals surface area contributed by atoms with E-state index in [-0.39, 0.29) is 28.9 Å². The van der Waals surface area contributed by atoms with Crippen molar-refractivity contribution in [1.82, 2.24) is 5.32 Å². The molecule has 1 aromatic rings. The molecular formula is C17H25NO3S. The minimum absolute atomic E-state index is 0.0243. The van der Waals surface area contributed by atoms with E-state index in [1.54, 1.807) is 0 Å². The second-order valence-electron chi connectivity index (χ2n) is 7.26. The van der Waals surface area contributed by atoms with Gasteiger partial charge in [-0.05, 0) is 29.9 Å². The summed E-state index contributed by atoms with van der Waals surface area (Å²) < 4.78 is 23.1. The van der Waals surface area contributed by atoms with E-state index in [1.807, 2.05) is 31.2 Å². The summed E-state index contributed by atoms with van der Waals surface area (Å²) in [5, 5.41) is 3.09. The molecule has 0 radical (unpaired) electrons. The Morgan fingerprint density at radius 1 is 1.27 bits per heavy atom. The third-order valence-corrected chi connectivity index (χ3v) is 6.02. The van der Waals surface area contributed by atoms with Gasteiger partial charge in [0.25, 0.3) is 0 Å². The van der Waals surface area contributed by atoms with Crippen LogP contribution in [-0.2, 0) is 14.6 Å². The van der Waals surface area contributed by atoms with Crippen molar-refractivity contribution >= 4 is 15.7 Å². The van der Waals surface area contributed by atoms with Gasteiger partial charge in [0, 0.05) is 0 Å². The number of carbonyl (C=O) groups is 1. The molecule has 5 heteroatoms. The summed E-state index contributed by atoms with van der Waals surface area (Å²) >= 11 is 0. The van der Waals surface area contributed by atoms with Gasteiger partial charge in [-0.15, -0.1) is 0 Å². The van der Waals surface area contributed by atoms with E-state index in [0.29, 0.717) is 6.42 Å². The van der Waals surface area contributed by atoms with Crippen LogP contribution in [0, 0.1) is 18.3 Å². The zero-order valence-corrected chi connectivity index (χ0v) is 14.5. The Hall–Kier alpha value is -1.36. The van der Waals surface area contributed by atoms with Crippen molar-refractivity contribution in [3.8, 4) is 0 Å². The fourth-order valence-electron chi connectivity index (χ4n) is 2.93. The van der Waals surface area contributed by atoms with Crippen LogP contribution in [0.1, 0.15) is 44.4 Å². The number of nitrogens with one attached hydrogen (secondary N) is 1. The average molecular weight is 323 g/mol. The Kier molecular flexibility index (Phi) is 4.66. The normalized spacial score (nSPS) is 22.3. The first-order valence-corrected chi connectivity index (χ1v) is 9.48. The number of aryl methyl sites for hydroxylation is 1. The van der Waals surface area contributed by atoms with Crippen molar-refractivity contribution in [3.05, 3.63) is 35.4 Å². The van der Waals surface area contributed by atoms with Crippen molar-refractivity contribution in [1.29, 1.82) is 0 Å². The predicted octanol–water partition coefficient (Wildman–Crippen LogP) is 2.63. The molecule has 2 atom stereocenters. The molecule has 1 fully saturated rings. The maximum atomic E-state index is 12.5. The van der Waals surface area contributed by atoms with Gasteiger partial charge in [0.05, 0.1) is 23.5 Å². The first-order valence-electron chi connectivity index (χ1n) is 7.66. The monoisotopic (exact) mass is 323 g/mol. The van der Waals surface area contributed by atoms with E-state index >= 15 is 0 Å². The number of hydrogen-bond donors (Lipinski definition) is 1. The smallest absolute Gasteiger partial charge is 0.224 e. The summed E-state index contributed by atoms with van der Waals surface area (Å²) in [5.74, 6) is -0.470. The Morgan fingerprint density at radius 3 is 2.41 bits per heavy atom. The Labute approximate surface area is 133 Å². The third-order valence-electron chi connectivity index (χ3n) is 4.26. The first-order chi connectivity index (χ1) is 10.1. The zero-order chi connectivity index (χ0) is 16.5. The van der Waals surface area contributed by atoms with E-state index in [2.05, 4.69) is 26.1 Å². The zero-order valence-electron chi connectivity index (χ0n) is 13.7. The second kappa shape index (κ2) is 6.03. The standard InChI is InChI=1S/C17H25NO3S/c1-12-7-5-6-8-14(12)15(17(2,3)4)18-16(19)13-9-10-22(20,21)11-13/h5-8,13,15H,9-11H2,1-4H3,(H,18,19)/t13-,15+/m1/s1. The van der Waals surface area contributed by atoms with Crippen LogP contribution in [0.25, 0.3) is 0 Å². The van der Waals surface area contributed by atoms with Crippen molar-refractivity contribution in [2.45, 2.75) is 40.2 Å². The number of hydrogen-bond acceptors (Lipinski definition) is 3. The van der Waals surface area contributed by atoms with Crippen LogP contribution in [0.15, 0.2) is 24.3 Å². The molecule has 2 rings (SSSR count). The molecule has 0 bridgehead atoms. The van der Waals surface area contributed by atoms with Gasteiger partial charge in [0.15, 0.2) is 9.84 Å². The molecule has 1 N–H and O–H groups in total. The SMILES string of the molecule is Cc1ccccc1[C@H](NC(=O)[C@@H]1CCS(=O)(=O)C1)C(C)(C)C. The van der Waals surface area contributed by atoms with Gasteiger partial charge in [-0.2, -0.15) is 0 Å². The van der Waals surface area contributed by atoms with Gasteiger partial charge in [0.1, 0.15) is 0 Å². The molecule has 4 nitrogen and oxygen atoms in total. The summed E-state index contributed by atoms with van der Waals surface area (Å²) in [6, 6.07) is 7.86. The Bertz CT molecular complexity index is 659. The number of rotatable bonds is 3. The van der Waals surface area contributed by atoms with Gasteiger partial charge in [-0.1, -0.05) is 45.0 Å². The van der Waals surface area contributed by atoms with Crippen LogP contribution in [0.3, 0.4) is 0 Å². The van der Waals surface area contributed by atoms with Crippen LogP contribution in [0.2, 0.25) is 0 Å². The van der Waals surface area contributed by atoms with E-state index in [9.17, 15) is 13.2 Å². The highest BCUT2D eigenvalue weighted by atomic mass is 32.2. The molecule has 0 saturated carbocycles. The molecule has 0 unspecified atom stereocenters. The molecule has 1 aliphatic heterocycles. The van der Waals surface area contributed by atoms with Gasteiger partial charge in [0.2, 0.25) is 5.91 Å².